The third-order valence-corrected chi connectivity index (χ3v) is 4.47. The van der Waals surface area contributed by atoms with Gasteiger partial charge in [0, 0.05) is 19.0 Å². The molecular weight excluding hydrogens is 252 g/mol. The second-order valence-electron chi connectivity index (χ2n) is 6.74. The van der Waals surface area contributed by atoms with Crippen LogP contribution in [-0.4, -0.2) is 32.1 Å². The summed E-state index contributed by atoms with van der Waals surface area (Å²) in [4.78, 5) is 14.6. The van der Waals surface area contributed by atoms with Crippen molar-refractivity contribution in [3.8, 4) is 0 Å². The van der Waals surface area contributed by atoms with Crippen molar-refractivity contribution in [2.24, 2.45) is 17.8 Å². The molecule has 20 heavy (non-hydrogen) atoms. The van der Waals surface area contributed by atoms with E-state index in [2.05, 4.69) is 40.4 Å². The van der Waals surface area contributed by atoms with Crippen molar-refractivity contribution in [2.75, 3.05) is 6.54 Å². The molecule has 3 unspecified atom stereocenters. The molecule has 0 aromatic carbocycles. The number of aromatic nitrogens is 3. The highest BCUT2D eigenvalue weighted by Gasteiger charge is 2.45. The predicted molar refractivity (Wildman–Crippen MR) is 75.8 cm³/mol. The van der Waals surface area contributed by atoms with Crippen molar-refractivity contribution in [1.82, 2.24) is 19.7 Å². The van der Waals surface area contributed by atoms with Crippen LogP contribution in [0.5, 0.6) is 0 Å². The Morgan fingerprint density at radius 3 is 2.90 bits per heavy atom. The molecule has 3 rings (SSSR count). The first-order valence-electron chi connectivity index (χ1n) is 7.76. The van der Waals surface area contributed by atoms with Crippen molar-refractivity contribution in [3.05, 3.63) is 12.2 Å². The van der Waals surface area contributed by atoms with Gasteiger partial charge in [-0.3, -0.25) is 4.79 Å². The van der Waals surface area contributed by atoms with Gasteiger partial charge < -0.3 is 9.47 Å². The molecular formula is C15H24N4O. The summed E-state index contributed by atoms with van der Waals surface area (Å²) in [6, 6.07) is 0.136. The van der Waals surface area contributed by atoms with Gasteiger partial charge in [-0.15, -0.1) is 10.2 Å². The second-order valence-corrected chi connectivity index (χ2v) is 6.74. The van der Waals surface area contributed by atoms with Gasteiger partial charge in [-0.25, -0.2) is 0 Å². The highest BCUT2D eigenvalue weighted by molar-refractivity contribution is 5.82. The molecule has 5 nitrogen and oxygen atoms in total. The molecule has 1 aromatic rings. The van der Waals surface area contributed by atoms with Crippen molar-refractivity contribution in [1.29, 1.82) is 0 Å². The maximum Gasteiger partial charge on any atom is 0.226 e. The average molecular weight is 276 g/mol. The van der Waals surface area contributed by atoms with Gasteiger partial charge in [0.2, 0.25) is 5.91 Å². The van der Waals surface area contributed by atoms with E-state index in [1.165, 1.54) is 0 Å². The Bertz CT molecular complexity index is 496. The van der Waals surface area contributed by atoms with Crippen LogP contribution in [0.4, 0.5) is 0 Å². The Morgan fingerprint density at radius 1 is 1.50 bits per heavy atom. The van der Waals surface area contributed by atoms with E-state index in [1.54, 1.807) is 6.33 Å². The molecule has 3 atom stereocenters. The largest absolute Gasteiger partial charge is 0.332 e. The van der Waals surface area contributed by atoms with E-state index in [4.69, 9.17) is 0 Å². The van der Waals surface area contributed by atoms with Gasteiger partial charge in [-0.05, 0) is 31.1 Å². The Morgan fingerprint density at radius 2 is 2.25 bits per heavy atom. The Kier molecular flexibility index (Phi) is 3.52. The van der Waals surface area contributed by atoms with E-state index >= 15 is 0 Å². The Labute approximate surface area is 120 Å². The summed E-state index contributed by atoms with van der Waals surface area (Å²) < 4.78 is 2.12. The number of nitrogens with zero attached hydrogens (tertiary/aromatic N) is 4. The highest BCUT2D eigenvalue weighted by Crippen LogP contribution is 2.42. The zero-order chi connectivity index (χ0) is 14.3. The number of rotatable bonds is 4. The van der Waals surface area contributed by atoms with Crippen molar-refractivity contribution in [3.63, 3.8) is 0 Å². The first-order chi connectivity index (χ1) is 9.58. The zero-order valence-electron chi connectivity index (χ0n) is 12.6. The zero-order valence-corrected chi connectivity index (χ0v) is 12.6. The monoisotopic (exact) mass is 276 g/mol. The van der Waals surface area contributed by atoms with Crippen molar-refractivity contribution >= 4 is 5.91 Å². The van der Waals surface area contributed by atoms with E-state index in [0.717, 1.165) is 38.2 Å². The second kappa shape index (κ2) is 5.19. The molecule has 1 aliphatic heterocycles. The van der Waals surface area contributed by atoms with Gasteiger partial charge in [0.05, 0.1) is 6.04 Å². The smallest absolute Gasteiger partial charge is 0.226 e. The molecule has 0 spiro atoms. The Balaban J connectivity index is 1.78. The lowest BCUT2D eigenvalue weighted by Gasteiger charge is -2.25. The van der Waals surface area contributed by atoms with Crippen molar-refractivity contribution < 1.29 is 4.79 Å². The third-order valence-electron chi connectivity index (χ3n) is 4.47. The number of carbonyl (C=O) groups excluding carboxylic acids is 1. The minimum absolute atomic E-state index is 0.136. The Hall–Kier alpha value is -1.39. The van der Waals surface area contributed by atoms with E-state index in [1.807, 2.05) is 0 Å². The summed E-state index contributed by atoms with van der Waals surface area (Å²) >= 11 is 0. The fourth-order valence-electron chi connectivity index (χ4n) is 3.23. The lowest BCUT2D eigenvalue weighted by molar-refractivity contribution is -0.134. The van der Waals surface area contributed by atoms with Gasteiger partial charge in [0.15, 0.2) is 5.82 Å². The molecule has 2 heterocycles. The number of amides is 1. The van der Waals surface area contributed by atoms with Crippen LogP contribution in [-0.2, 0) is 11.3 Å². The summed E-state index contributed by atoms with van der Waals surface area (Å²) in [7, 11) is 0. The van der Waals surface area contributed by atoms with E-state index in [0.29, 0.717) is 17.7 Å². The van der Waals surface area contributed by atoms with Crippen LogP contribution in [0, 0.1) is 17.8 Å². The fraction of sp³-hybridized carbons (Fsp3) is 0.800. The van der Waals surface area contributed by atoms with E-state index in [-0.39, 0.29) is 12.0 Å². The lowest BCUT2D eigenvalue weighted by atomic mass is 10.1. The molecule has 0 N–H and O–H groups in total. The summed E-state index contributed by atoms with van der Waals surface area (Å²) in [6.07, 6.45) is 4.95. The molecule has 2 aliphatic rings. The number of hydrogen-bond donors (Lipinski definition) is 0. The molecule has 1 amide bonds. The van der Waals surface area contributed by atoms with Gasteiger partial charge >= 0.3 is 0 Å². The standard InChI is InChI=1S/C15H24N4O/c1-10(2)8-18-9-16-17-14(18)13-5-4-6-19(13)15(20)12-7-11(12)3/h9-13H,4-8H2,1-3H3. The minimum Gasteiger partial charge on any atom is -0.332 e. The van der Waals surface area contributed by atoms with E-state index in [9.17, 15) is 4.79 Å². The molecule has 1 saturated heterocycles. The number of likely N-dealkylation sites (tertiary alicyclic amines) is 1. The first kappa shape index (κ1) is 13.6. The van der Waals surface area contributed by atoms with Gasteiger partial charge in [-0.2, -0.15) is 0 Å². The summed E-state index contributed by atoms with van der Waals surface area (Å²) in [6.45, 7) is 8.33. The van der Waals surface area contributed by atoms with Crippen LogP contribution >= 0.6 is 0 Å². The maximum absolute atomic E-state index is 12.5. The summed E-state index contributed by atoms with van der Waals surface area (Å²) in [5.74, 6) is 2.69. The molecule has 0 bridgehead atoms. The molecule has 0 radical (unpaired) electrons. The molecule has 1 saturated carbocycles. The van der Waals surface area contributed by atoms with Crippen LogP contribution in [0.3, 0.4) is 0 Å². The van der Waals surface area contributed by atoms with Gasteiger partial charge in [0.1, 0.15) is 6.33 Å². The molecule has 5 heteroatoms. The van der Waals surface area contributed by atoms with Gasteiger partial charge in [0.25, 0.3) is 0 Å². The molecule has 1 aromatic heterocycles. The van der Waals surface area contributed by atoms with Crippen molar-refractivity contribution in [2.45, 2.75) is 52.6 Å². The molecule has 2 fully saturated rings. The average Bonchev–Trinajstić information content (AvgIpc) is 2.81. The van der Waals surface area contributed by atoms with Gasteiger partial charge in [-0.1, -0.05) is 20.8 Å². The minimum atomic E-state index is 0.136. The molecule has 1 aliphatic carbocycles. The van der Waals surface area contributed by atoms with Crippen LogP contribution < -0.4 is 0 Å². The quantitative estimate of drug-likeness (QED) is 0.847. The first-order valence-corrected chi connectivity index (χ1v) is 7.76. The predicted octanol–water partition coefficient (Wildman–Crippen LogP) is 2.25. The van der Waals surface area contributed by atoms with Crippen LogP contribution in [0.15, 0.2) is 6.33 Å². The SMILES string of the molecule is CC(C)Cn1cnnc1C1CCCN1C(=O)C1CC1C. The number of hydrogen-bond acceptors (Lipinski definition) is 3. The normalized spacial score (nSPS) is 29.2. The fourth-order valence-corrected chi connectivity index (χ4v) is 3.23. The number of carbonyl (C=O) groups is 1. The highest BCUT2D eigenvalue weighted by atomic mass is 16.2. The lowest BCUT2D eigenvalue weighted by Crippen LogP contribution is -2.33. The summed E-state index contributed by atoms with van der Waals surface area (Å²) in [5, 5.41) is 8.37. The maximum atomic E-state index is 12.5. The van der Waals surface area contributed by atoms with Crippen LogP contribution in [0.25, 0.3) is 0 Å². The molecule has 110 valence electrons. The summed E-state index contributed by atoms with van der Waals surface area (Å²) in [5.41, 5.74) is 0. The van der Waals surface area contributed by atoms with Crippen LogP contribution in [0.2, 0.25) is 0 Å². The topological polar surface area (TPSA) is 51.0 Å². The van der Waals surface area contributed by atoms with E-state index < -0.39 is 0 Å². The third kappa shape index (κ3) is 2.45. The van der Waals surface area contributed by atoms with Crippen LogP contribution in [0.1, 0.15) is 51.9 Å².